The highest BCUT2D eigenvalue weighted by Gasteiger charge is 2.17. The van der Waals surface area contributed by atoms with E-state index in [9.17, 15) is 4.39 Å². The maximum atomic E-state index is 13.7. The number of nitrogens with two attached hydrogens (primary N) is 1. The molecular formula is C12H17Cl3FN. The highest BCUT2D eigenvalue weighted by Crippen LogP contribution is 2.31. The average Bonchev–Trinajstić information content (AvgIpc) is 2.24. The molecule has 0 aromatic heterocycles. The Kier molecular flexibility index (Phi) is 8.14. The molecule has 0 heterocycles. The molecule has 0 fully saturated rings. The van der Waals surface area contributed by atoms with Crippen molar-refractivity contribution in [3.63, 3.8) is 0 Å². The van der Waals surface area contributed by atoms with Gasteiger partial charge in [0.05, 0.1) is 5.02 Å². The first-order chi connectivity index (χ1) is 7.57. The Bertz CT molecular complexity index is 358. The molecule has 0 amide bonds. The van der Waals surface area contributed by atoms with Crippen LogP contribution < -0.4 is 5.73 Å². The number of hydrogen-bond acceptors (Lipinski definition) is 1. The van der Waals surface area contributed by atoms with Gasteiger partial charge in [0.25, 0.3) is 0 Å². The Morgan fingerprint density at radius 3 is 2.41 bits per heavy atom. The topological polar surface area (TPSA) is 26.0 Å². The molecular weight excluding hydrogens is 283 g/mol. The zero-order valence-electron chi connectivity index (χ0n) is 9.68. The van der Waals surface area contributed by atoms with Crippen molar-refractivity contribution in [2.24, 2.45) is 5.73 Å². The summed E-state index contributed by atoms with van der Waals surface area (Å²) < 4.78 is 13.7. The van der Waals surface area contributed by atoms with Crippen LogP contribution in [0.4, 0.5) is 4.39 Å². The first kappa shape index (κ1) is 17.0. The zero-order chi connectivity index (χ0) is 12.1. The fraction of sp³-hybridized carbons (Fsp3) is 0.500. The summed E-state index contributed by atoms with van der Waals surface area (Å²) in [6, 6.07) is 2.65. The average molecular weight is 301 g/mol. The van der Waals surface area contributed by atoms with Gasteiger partial charge in [0.2, 0.25) is 0 Å². The summed E-state index contributed by atoms with van der Waals surface area (Å²) in [6.45, 7) is 2.11. The summed E-state index contributed by atoms with van der Waals surface area (Å²) in [4.78, 5) is 0. The molecule has 1 rings (SSSR count). The number of hydrogen-bond donors (Lipinski definition) is 1. The lowest BCUT2D eigenvalue weighted by Gasteiger charge is -2.15. The van der Waals surface area contributed by atoms with E-state index in [-0.39, 0.29) is 23.5 Å². The molecule has 2 N–H and O–H groups in total. The van der Waals surface area contributed by atoms with Gasteiger partial charge in [0.15, 0.2) is 0 Å². The first-order valence-electron chi connectivity index (χ1n) is 5.46. The Morgan fingerprint density at radius 1 is 1.24 bits per heavy atom. The Balaban J connectivity index is 0.00000256. The second-order valence-electron chi connectivity index (χ2n) is 3.86. The summed E-state index contributed by atoms with van der Waals surface area (Å²) in [5.41, 5.74) is 6.26. The van der Waals surface area contributed by atoms with Crippen LogP contribution in [0.2, 0.25) is 10.0 Å². The number of benzene rings is 1. The van der Waals surface area contributed by atoms with E-state index in [0.29, 0.717) is 10.6 Å². The molecule has 0 saturated carbocycles. The molecule has 5 heteroatoms. The maximum absolute atomic E-state index is 13.7. The third kappa shape index (κ3) is 4.63. The second kappa shape index (κ2) is 8.15. The minimum atomic E-state index is -0.488. The van der Waals surface area contributed by atoms with Gasteiger partial charge in [0.1, 0.15) is 5.82 Å². The SMILES string of the molecule is CCCCC[C@H](N)c1c(Cl)ccc(Cl)c1F.Cl. The highest BCUT2D eigenvalue weighted by atomic mass is 35.5. The van der Waals surface area contributed by atoms with E-state index >= 15 is 0 Å². The van der Waals surface area contributed by atoms with E-state index < -0.39 is 5.82 Å². The highest BCUT2D eigenvalue weighted by molar-refractivity contribution is 6.33. The van der Waals surface area contributed by atoms with Crippen LogP contribution in [0.15, 0.2) is 12.1 Å². The van der Waals surface area contributed by atoms with Crippen LogP contribution in [0.1, 0.15) is 44.2 Å². The van der Waals surface area contributed by atoms with E-state index in [1.807, 2.05) is 0 Å². The Hall–Kier alpha value is -0.0200. The van der Waals surface area contributed by atoms with E-state index in [1.165, 1.54) is 6.07 Å². The molecule has 17 heavy (non-hydrogen) atoms. The van der Waals surface area contributed by atoms with Crippen molar-refractivity contribution in [2.45, 2.75) is 38.6 Å². The fourth-order valence-corrected chi connectivity index (χ4v) is 2.09. The summed E-state index contributed by atoms with van der Waals surface area (Å²) in [7, 11) is 0. The standard InChI is InChI=1S/C12H16Cl2FN.ClH/c1-2-3-4-5-10(16)11-8(13)6-7-9(14)12(11)15;/h6-7,10H,2-5,16H2,1H3;1H/t10-;/m0./s1. The fourth-order valence-electron chi connectivity index (χ4n) is 1.64. The lowest BCUT2D eigenvalue weighted by molar-refractivity contribution is 0.539. The first-order valence-corrected chi connectivity index (χ1v) is 6.22. The van der Waals surface area contributed by atoms with Crippen LogP contribution in [0.25, 0.3) is 0 Å². The summed E-state index contributed by atoms with van der Waals surface area (Å²) in [6.07, 6.45) is 3.90. The van der Waals surface area contributed by atoms with Crippen molar-refractivity contribution < 1.29 is 4.39 Å². The van der Waals surface area contributed by atoms with Crippen molar-refractivity contribution in [1.29, 1.82) is 0 Å². The molecule has 1 aromatic rings. The number of rotatable bonds is 5. The summed E-state index contributed by atoms with van der Waals surface area (Å²) >= 11 is 11.6. The molecule has 0 radical (unpaired) electrons. The van der Waals surface area contributed by atoms with Gasteiger partial charge in [-0.2, -0.15) is 0 Å². The van der Waals surface area contributed by atoms with Gasteiger partial charge in [-0.3, -0.25) is 0 Å². The summed E-state index contributed by atoms with van der Waals surface area (Å²) in [5, 5.41) is 0.427. The van der Waals surface area contributed by atoms with E-state index in [2.05, 4.69) is 6.92 Å². The lowest BCUT2D eigenvalue weighted by Crippen LogP contribution is -2.13. The molecule has 0 aliphatic rings. The molecule has 1 nitrogen and oxygen atoms in total. The van der Waals surface area contributed by atoms with E-state index in [0.717, 1.165) is 25.7 Å². The largest absolute Gasteiger partial charge is 0.324 e. The van der Waals surface area contributed by atoms with Crippen molar-refractivity contribution in [3.05, 3.63) is 33.6 Å². The predicted octanol–water partition coefficient (Wildman–Crippen LogP) is 5.13. The van der Waals surface area contributed by atoms with Gasteiger partial charge in [0, 0.05) is 16.6 Å². The Labute approximate surface area is 118 Å². The van der Waals surface area contributed by atoms with Crippen molar-refractivity contribution >= 4 is 35.6 Å². The molecule has 0 spiro atoms. The monoisotopic (exact) mass is 299 g/mol. The van der Waals surface area contributed by atoms with Crippen LogP contribution in [0, 0.1) is 5.82 Å². The van der Waals surface area contributed by atoms with Crippen molar-refractivity contribution in [2.75, 3.05) is 0 Å². The van der Waals surface area contributed by atoms with Gasteiger partial charge >= 0.3 is 0 Å². The zero-order valence-corrected chi connectivity index (χ0v) is 12.0. The minimum Gasteiger partial charge on any atom is -0.324 e. The molecule has 1 aromatic carbocycles. The molecule has 0 aliphatic carbocycles. The van der Waals surface area contributed by atoms with E-state index in [4.69, 9.17) is 28.9 Å². The van der Waals surface area contributed by atoms with Crippen molar-refractivity contribution in [3.8, 4) is 0 Å². The smallest absolute Gasteiger partial charge is 0.148 e. The van der Waals surface area contributed by atoms with Gasteiger partial charge in [-0.15, -0.1) is 12.4 Å². The molecule has 98 valence electrons. The Morgan fingerprint density at radius 2 is 1.82 bits per heavy atom. The third-order valence-corrected chi connectivity index (χ3v) is 3.19. The van der Waals surface area contributed by atoms with Crippen LogP contribution in [-0.4, -0.2) is 0 Å². The quantitative estimate of drug-likeness (QED) is 0.592. The van der Waals surface area contributed by atoms with Crippen LogP contribution >= 0.6 is 35.6 Å². The van der Waals surface area contributed by atoms with Crippen molar-refractivity contribution in [1.82, 2.24) is 0 Å². The lowest BCUT2D eigenvalue weighted by atomic mass is 10.0. The minimum absolute atomic E-state index is 0. The van der Waals surface area contributed by atoms with Gasteiger partial charge < -0.3 is 5.73 Å². The normalized spacial score (nSPS) is 12.1. The number of unbranched alkanes of at least 4 members (excludes halogenated alkanes) is 2. The second-order valence-corrected chi connectivity index (χ2v) is 4.67. The summed E-state index contributed by atoms with van der Waals surface area (Å²) in [5.74, 6) is -0.488. The third-order valence-electron chi connectivity index (χ3n) is 2.57. The molecule has 0 bridgehead atoms. The predicted molar refractivity (Wildman–Crippen MR) is 74.7 cm³/mol. The number of halogens is 4. The molecule has 0 saturated heterocycles. The molecule has 0 aliphatic heterocycles. The molecule has 0 unspecified atom stereocenters. The van der Waals surface area contributed by atoms with Crippen LogP contribution in [0.5, 0.6) is 0 Å². The van der Waals surface area contributed by atoms with Crippen LogP contribution in [-0.2, 0) is 0 Å². The molecule has 1 atom stereocenters. The van der Waals surface area contributed by atoms with Gasteiger partial charge in [-0.05, 0) is 18.6 Å². The van der Waals surface area contributed by atoms with E-state index in [1.54, 1.807) is 6.07 Å². The van der Waals surface area contributed by atoms with Gasteiger partial charge in [-0.1, -0.05) is 49.4 Å². The maximum Gasteiger partial charge on any atom is 0.148 e. The van der Waals surface area contributed by atoms with Gasteiger partial charge in [-0.25, -0.2) is 4.39 Å². The van der Waals surface area contributed by atoms with Crippen LogP contribution in [0.3, 0.4) is 0 Å².